The molecular weight excluding hydrogens is 226 g/mol. The molecule has 1 rings (SSSR count). The fourth-order valence-electron chi connectivity index (χ4n) is 2.24. The van der Waals surface area contributed by atoms with Crippen molar-refractivity contribution >= 4 is 0 Å². The summed E-state index contributed by atoms with van der Waals surface area (Å²) in [6.45, 7) is 6.72. The van der Waals surface area contributed by atoms with Gasteiger partial charge in [-0.05, 0) is 37.1 Å². The molecule has 1 unspecified atom stereocenters. The molecule has 18 heavy (non-hydrogen) atoms. The lowest BCUT2D eigenvalue weighted by atomic mass is 9.78. The molecule has 0 fully saturated rings. The molecule has 0 radical (unpaired) electrons. The first-order valence-electron chi connectivity index (χ1n) is 6.39. The van der Waals surface area contributed by atoms with E-state index in [-0.39, 0.29) is 11.5 Å². The molecule has 3 heteroatoms. The number of hydrogen-bond acceptors (Lipinski definition) is 3. The highest BCUT2D eigenvalue weighted by molar-refractivity contribution is 5.43. The molecule has 1 atom stereocenters. The Morgan fingerprint density at radius 2 is 1.89 bits per heavy atom. The summed E-state index contributed by atoms with van der Waals surface area (Å²) >= 11 is 0. The third-order valence-electron chi connectivity index (χ3n) is 3.73. The van der Waals surface area contributed by atoms with Gasteiger partial charge in [-0.25, -0.2) is 0 Å². The molecule has 0 aliphatic heterocycles. The molecular formula is C15H25NO2. The van der Waals surface area contributed by atoms with Crippen LogP contribution < -0.4 is 14.8 Å². The predicted octanol–water partition coefficient (Wildman–Crippen LogP) is 3.40. The highest BCUT2D eigenvalue weighted by Gasteiger charge is 2.30. The molecule has 0 spiro atoms. The summed E-state index contributed by atoms with van der Waals surface area (Å²) in [6.07, 6.45) is 1.08. The van der Waals surface area contributed by atoms with Gasteiger partial charge in [-0.1, -0.05) is 20.8 Å². The average Bonchev–Trinajstić information content (AvgIpc) is 2.39. The normalized spacial score (nSPS) is 13.2. The van der Waals surface area contributed by atoms with E-state index in [1.807, 2.05) is 19.2 Å². The van der Waals surface area contributed by atoms with Crippen molar-refractivity contribution in [2.45, 2.75) is 33.2 Å². The van der Waals surface area contributed by atoms with Gasteiger partial charge in [-0.2, -0.15) is 0 Å². The van der Waals surface area contributed by atoms with E-state index in [1.165, 1.54) is 0 Å². The first kappa shape index (κ1) is 14.8. The van der Waals surface area contributed by atoms with Crippen LogP contribution in [-0.2, 0) is 0 Å². The van der Waals surface area contributed by atoms with E-state index in [2.05, 4.69) is 32.2 Å². The molecule has 1 aromatic carbocycles. The van der Waals surface area contributed by atoms with Crippen LogP contribution in [0.3, 0.4) is 0 Å². The molecule has 1 N–H and O–H groups in total. The van der Waals surface area contributed by atoms with Gasteiger partial charge in [0.15, 0.2) is 0 Å². The van der Waals surface area contributed by atoms with Crippen LogP contribution in [-0.4, -0.2) is 21.3 Å². The molecule has 102 valence electrons. The molecule has 0 saturated carbocycles. The van der Waals surface area contributed by atoms with E-state index in [0.29, 0.717) is 0 Å². The molecule has 0 aromatic heterocycles. The van der Waals surface area contributed by atoms with Crippen LogP contribution in [0.25, 0.3) is 0 Å². The quantitative estimate of drug-likeness (QED) is 0.840. The van der Waals surface area contributed by atoms with Crippen LogP contribution >= 0.6 is 0 Å². The molecule has 0 heterocycles. The standard InChI is InChI=1S/C15H25NO2/c1-7-15(2,3)14(16-4)12-10-11(17-5)8-9-13(12)18-6/h8-10,14,16H,7H2,1-6H3. The Kier molecular flexibility index (Phi) is 5.03. The number of rotatable bonds is 6. The van der Waals surface area contributed by atoms with Crippen LogP contribution in [0, 0.1) is 5.41 Å². The van der Waals surface area contributed by atoms with Gasteiger partial charge in [0, 0.05) is 11.6 Å². The molecule has 1 aromatic rings. The highest BCUT2D eigenvalue weighted by Crippen LogP contribution is 2.41. The summed E-state index contributed by atoms with van der Waals surface area (Å²) < 4.78 is 10.8. The van der Waals surface area contributed by atoms with Crippen molar-refractivity contribution in [3.05, 3.63) is 23.8 Å². The predicted molar refractivity (Wildman–Crippen MR) is 75.4 cm³/mol. The Hall–Kier alpha value is -1.22. The molecule has 0 aliphatic rings. The van der Waals surface area contributed by atoms with Gasteiger partial charge in [-0.15, -0.1) is 0 Å². The lowest BCUT2D eigenvalue weighted by Gasteiger charge is -2.34. The summed E-state index contributed by atoms with van der Waals surface area (Å²) in [4.78, 5) is 0. The maximum atomic E-state index is 5.47. The van der Waals surface area contributed by atoms with Crippen molar-refractivity contribution in [3.8, 4) is 11.5 Å². The monoisotopic (exact) mass is 251 g/mol. The summed E-state index contributed by atoms with van der Waals surface area (Å²) in [7, 11) is 5.38. The molecule has 0 bridgehead atoms. The van der Waals surface area contributed by atoms with Gasteiger partial charge in [0.25, 0.3) is 0 Å². The number of methoxy groups -OCH3 is 2. The van der Waals surface area contributed by atoms with Crippen molar-refractivity contribution in [1.82, 2.24) is 5.32 Å². The van der Waals surface area contributed by atoms with E-state index in [0.717, 1.165) is 23.5 Å². The van der Waals surface area contributed by atoms with Gasteiger partial charge in [-0.3, -0.25) is 0 Å². The topological polar surface area (TPSA) is 30.5 Å². The fourth-order valence-corrected chi connectivity index (χ4v) is 2.24. The van der Waals surface area contributed by atoms with E-state index >= 15 is 0 Å². The SMILES string of the molecule is CCC(C)(C)C(NC)c1cc(OC)ccc1OC. The average molecular weight is 251 g/mol. The zero-order valence-corrected chi connectivity index (χ0v) is 12.3. The van der Waals surface area contributed by atoms with E-state index in [4.69, 9.17) is 9.47 Å². The van der Waals surface area contributed by atoms with Gasteiger partial charge in [0.05, 0.1) is 14.2 Å². The summed E-state index contributed by atoms with van der Waals surface area (Å²) in [5.74, 6) is 1.76. The van der Waals surface area contributed by atoms with Crippen molar-refractivity contribution in [1.29, 1.82) is 0 Å². The Labute approximate surface area is 110 Å². The Morgan fingerprint density at radius 1 is 1.22 bits per heavy atom. The zero-order chi connectivity index (χ0) is 13.8. The van der Waals surface area contributed by atoms with Crippen LogP contribution in [0.5, 0.6) is 11.5 Å². The highest BCUT2D eigenvalue weighted by atomic mass is 16.5. The van der Waals surface area contributed by atoms with Gasteiger partial charge >= 0.3 is 0 Å². The smallest absolute Gasteiger partial charge is 0.123 e. The summed E-state index contributed by atoms with van der Waals surface area (Å²) in [5, 5.41) is 3.40. The maximum Gasteiger partial charge on any atom is 0.123 e. The van der Waals surface area contributed by atoms with Crippen LogP contribution in [0.1, 0.15) is 38.8 Å². The number of hydrogen-bond donors (Lipinski definition) is 1. The Balaban J connectivity index is 3.26. The number of benzene rings is 1. The largest absolute Gasteiger partial charge is 0.497 e. The van der Waals surface area contributed by atoms with Gasteiger partial charge in [0.2, 0.25) is 0 Å². The summed E-state index contributed by atoms with van der Waals surface area (Å²) in [6, 6.07) is 6.17. The first-order valence-corrected chi connectivity index (χ1v) is 6.39. The van der Waals surface area contributed by atoms with Crippen molar-refractivity contribution in [2.75, 3.05) is 21.3 Å². The third-order valence-corrected chi connectivity index (χ3v) is 3.73. The maximum absolute atomic E-state index is 5.47. The Morgan fingerprint density at radius 3 is 2.33 bits per heavy atom. The van der Waals surface area contributed by atoms with Crippen molar-refractivity contribution < 1.29 is 9.47 Å². The van der Waals surface area contributed by atoms with E-state index < -0.39 is 0 Å². The zero-order valence-electron chi connectivity index (χ0n) is 12.3. The van der Waals surface area contributed by atoms with E-state index in [9.17, 15) is 0 Å². The molecule has 0 aliphatic carbocycles. The van der Waals surface area contributed by atoms with E-state index in [1.54, 1.807) is 14.2 Å². The first-order chi connectivity index (χ1) is 8.50. The molecule has 0 amide bonds. The lowest BCUT2D eigenvalue weighted by Crippen LogP contribution is -2.31. The Bertz CT molecular complexity index is 388. The second-order valence-corrected chi connectivity index (χ2v) is 5.17. The van der Waals surface area contributed by atoms with Gasteiger partial charge in [0.1, 0.15) is 11.5 Å². The number of nitrogens with one attached hydrogen (secondary N) is 1. The van der Waals surface area contributed by atoms with Crippen LogP contribution in [0.2, 0.25) is 0 Å². The molecule has 0 saturated heterocycles. The third kappa shape index (κ3) is 2.96. The minimum atomic E-state index is 0.147. The lowest BCUT2D eigenvalue weighted by molar-refractivity contribution is 0.239. The molecule has 3 nitrogen and oxygen atoms in total. The second kappa shape index (κ2) is 6.10. The summed E-state index contributed by atoms with van der Waals surface area (Å²) in [5.41, 5.74) is 1.29. The fraction of sp³-hybridized carbons (Fsp3) is 0.600. The van der Waals surface area contributed by atoms with Gasteiger partial charge < -0.3 is 14.8 Å². The second-order valence-electron chi connectivity index (χ2n) is 5.17. The van der Waals surface area contributed by atoms with Crippen LogP contribution in [0.4, 0.5) is 0 Å². The number of ether oxygens (including phenoxy) is 2. The minimum absolute atomic E-state index is 0.147. The van der Waals surface area contributed by atoms with Crippen molar-refractivity contribution in [3.63, 3.8) is 0 Å². The van der Waals surface area contributed by atoms with Crippen molar-refractivity contribution in [2.24, 2.45) is 5.41 Å². The minimum Gasteiger partial charge on any atom is -0.497 e. The van der Waals surface area contributed by atoms with Crippen LogP contribution in [0.15, 0.2) is 18.2 Å².